The summed E-state index contributed by atoms with van der Waals surface area (Å²) in [6.07, 6.45) is 1.33. The molecule has 2 N–H and O–H groups in total. The zero-order chi connectivity index (χ0) is 19.4. The van der Waals surface area contributed by atoms with Crippen LogP contribution in [0, 0.1) is 13.8 Å². The van der Waals surface area contributed by atoms with Crippen molar-refractivity contribution in [2.24, 2.45) is 5.10 Å². The number of nitrogens with zero attached hydrogens (tertiary/aromatic N) is 2. The highest BCUT2D eigenvalue weighted by atomic mass is 16.4. The van der Waals surface area contributed by atoms with Crippen LogP contribution in [-0.2, 0) is 0 Å². The zero-order valence-electron chi connectivity index (χ0n) is 15.0. The number of aromatic carboxylic acids is 1. The van der Waals surface area contributed by atoms with E-state index < -0.39 is 5.97 Å². The predicted molar refractivity (Wildman–Crippen MR) is 104 cm³/mol. The lowest BCUT2D eigenvalue weighted by molar-refractivity contribution is 0.0696. The van der Waals surface area contributed by atoms with E-state index in [0.29, 0.717) is 11.1 Å². The van der Waals surface area contributed by atoms with Gasteiger partial charge >= 0.3 is 5.97 Å². The quantitative estimate of drug-likeness (QED) is 0.538. The lowest BCUT2D eigenvalue weighted by Crippen LogP contribution is -2.18. The highest BCUT2D eigenvalue weighted by Gasteiger charge is 2.16. The van der Waals surface area contributed by atoms with Crippen LogP contribution < -0.4 is 5.43 Å². The van der Waals surface area contributed by atoms with Gasteiger partial charge in [0.25, 0.3) is 5.91 Å². The lowest BCUT2D eigenvalue weighted by Gasteiger charge is -2.09. The number of hydrogen-bond acceptors (Lipinski definition) is 3. The first kappa shape index (κ1) is 18.1. The fraction of sp³-hybridized carbons (Fsp3) is 0.0952. The number of carboxylic acids is 1. The predicted octanol–water partition coefficient (Wildman–Crippen LogP) is 3.56. The van der Waals surface area contributed by atoms with E-state index in [4.69, 9.17) is 0 Å². The molecule has 3 rings (SSSR count). The Morgan fingerprint density at radius 3 is 2.37 bits per heavy atom. The van der Waals surface area contributed by atoms with E-state index in [1.54, 1.807) is 24.3 Å². The molecular weight excluding hydrogens is 342 g/mol. The van der Waals surface area contributed by atoms with Crippen LogP contribution in [0.3, 0.4) is 0 Å². The third-order valence-electron chi connectivity index (χ3n) is 4.25. The highest BCUT2D eigenvalue weighted by Crippen LogP contribution is 2.20. The van der Waals surface area contributed by atoms with E-state index in [1.165, 1.54) is 12.3 Å². The molecule has 6 heteroatoms. The summed E-state index contributed by atoms with van der Waals surface area (Å²) in [7, 11) is 0. The molecule has 0 fully saturated rings. The third kappa shape index (κ3) is 3.79. The molecule has 0 radical (unpaired) electrons. The normalized spacial score (nSPS) is 10.9. The average molecular weight is 361 g/mol. The van der Waals surface area contributed by atoms with Crippen molar-refractivity contribution in [2.45, 2.75) is 13.8 Å². The molecule has 27 heavy (non-hydrogen) atoms. The minimum absolute atomic E-state index is 0.123. The van der Waals surface area contributed by atoms with Gasteiger partial charge in [0.2, 0.25) is 0 Å². The highest BCUT2D eigenvalue weighted by molar-refractivity contribution is 5.99. The number of carbonyl (C=O) groups excluding carboxylic acids is 1. The average Bonchev–Trinajstić information content (AvgIpc) is 2.97. The Morgan fingerprint density at radius 1 is 1.00 bits per heavy atom. The molecule has 6 nitrogen and oxygen atoms in total. The molecular formula is C21H19N3O3. The second-order valence-electron chi connectivity index (χ2n) is 6.05. The van der Waals surface area contributed by atoms with Gasteiger partial charge in [0, 0.05) is 22.6 Å². The number of benzene rings is 2. The number of para-hydroxylation sites is 1. The number of nitrogens with one attached hydrogen (secondary N) is 1. The number of aromatic nitrogens is 1. The van der Waals surface area contributed by atoms with Crippen LogP contribution in [0.25, 0.3) is 5.69 Å². The molecule has 136 valence electrons. The Kier molecular flexibility index (Phi) is 5.17. The Labute approximate surface area is 156 Å². The topological polar surface area (TPSA) is 83.7 Å². The molecule has 0 aliphatic rings. The Morgan fingerprint density at radius 2 is 1.67 bits per heavy atom. The van der Waals surface area contributed by atoms with Gasteiger partial charge in [0.05, 0.1) is 17.3 Å². The number of hydrazone groups is 1. The summed E-state index contributed by atoms with van der Waals surface area (Å²) in [5, 5.41) is 13.1. The largest absolute Gasteiger partial charge is 0.478 e. The summed E-state index contributed by atoms with van der Waals surface area (Å²) in [6.45, 7) is 3.81. The molecule has 0 aliphatic heterocycles. The first-order valence-electron chi connectivity index (χ1n) is 8.39. The summed E-state index contributed by atoms with van der Waals surface area (Å²) < 4.78 is 2.00. The SMILES string of the molecule is Cc1cc(C(=O)NN=Cc2ccccc2C(=O)O)c(C)n1-c1ccccc1. The number of aryl methyl sites for hydroxylation is 1. The van der Waals surface area contributed by atoms with Gasteiger partial charge in [-0.25, -0.2) is 10.2 Å². The van der Waals surface area contributed by atoms with Gasteiger partial charge in [-0.3, -0.25) is 4.79 Å². The van der Waals surface area contributed by atoms with Crippen LogP contribution >= 0.6 is 0 Å². The van der Waals surface area contributed by atoms with E-state index in [9.17, 15) is 14.7 Å². The van der Waals surface area contributed by atoms with Crippen LogP contribution in [0.15, 0.2) is 65.8 Å². The minimum atomic E-state index is -1.05. The van der Waals surface area contributed by atoms with E-state index in [0.717, 1.165) is 17.1 Å². The van der Waals surface area contributed by atoms with Crippen molar-refractivity contribution in [1.29, 1.82) is 0 Å². The molecule has 1 heterocycles. The number of rotatable bonds is 5. The smallest absolute Gasteiger partial charge is 0.336 e. The van der Waals surface area contributed by atoms with Crippen LogP contribution in [0.4, 0.5) is 0 Å². The number of carbonyl (C=O) groups is 2. The summed E-state index contributed by atoms with van der Waals surface area (Å²) in [5.41, 5.74) is 6.24. The van der Waals surface area contributed by atoms with E-state index in [2.05, 4.69) is 10.5 Å². The van der Waals surface area contributed by atoms with Crippen molar-refractivity contribution in [3.8, 4) is 5.69 Å². The molecule has 2 aromatic carbocycles. The monoisotopic (exact) mass is 361 g/mol. The Bertz CT molecular complexity index is 1020. The fourth-order valence-electron chi connectivity index (χ4n) is 2.99. The molecule has 1 aromatic heterocycles. The van der Waals surface area contributed by atoms with Crippen molar-refractivity contribution in [3.63, 3.8) is 0 Å². The van der Waals surface area contributed by atoms with Gasteiger partial charge < -0.3 is 9.67 Å². The molecule has 0 saturated carbocycles. The standard InChI is InChI=1S/C21H19N3O3/c1-14-12-19(15(2)24(14)17-9-4-3-5-10-17)20(25)23-22-13-16-8-6-7-11-18(16)21(26)27/h3-13H,1-2H3,(H,23,25)(H,26,27). The van der Waals surface area contributed by atoms with Crippen molar-refractivity contribution >= 4 is 18.1 Å². The van der Waals surface area contributed by atoms with E-state index in [-0.39, 0.29) is 11.5 Å². The Hall–Kier alpha value is -3.67. The minimum Gasteiger partial charge on any atom is -0.478 e. The number of amides is 1. The molecule has 1 amide bonds. The summed E-state index contributed by atoms with van der Waals surface area (Å²) >= 11 is 0. The zero-order valence-corrected chi connectivity index (χ0v) is 15.0. The summed E-state index contributed by atoms with van der Waals surface area (Å²) in [5.74, 6) is -1.40. The van der Waals surface area contributed by atoms with Gasteiger partial charge in [0.15, 0.2) is 0 Å². The molecule has 0 saturated heterocycles. The third-order valence-corrected chi connectivity index (χ3v) is 4.25. The molecule has 0 atom stereocenters. The van der Waals surface area contributed by atoms with E-state index >= 15 is 0 Å². The van der Waals surface area contributed by atoms with Crippen molar-refractivity contribution in [1.82, 2.24) is 9.99 Å². The first-order chi connectivity index (χ1) is 13.0. The van der Waals surface area contributed by atoms with Crippen molar-refractivity contribution < 1.29 is 14.7 Å². The Balaban J connectivity index is 1.81. The van der Waals surface area contributed by atoms with Gasteiger partial charge in [-0.1, -0.05) is 36.4 Å². The number of hydrogen-bond donors (Lipinski definition) is 2. The van der Waals surface area contributed by atoms with Crippen molar-refractivity contribution in [2.75, 3.05) is 0 Å². The van der Waals surface area contributed by atoms with Crippen LogP contribution in [0.1, 0.15) is 37.7 Å². The molecule has 0 unspecified atom stereocenters. The maximum Gasteiger partial charge on any atom is 0.336 e. The summed E-state index contributed by atoms with van der Waals surface area (Å²) in [6, 6.07) is 18.0. The van der Waals surface area contributed by atoms with Crippen LogP contribution in [0.2, 0.25) is 0 Å². The molecule has 0 spiro atoms. The molecule has 0 bridgehead atoms. The fourth-order valence-corrected chi connectivity index (χ4v) is 2.99. The van der Waals surface area contributed by atoms with Gasteiger partial charge in [-0.2, -0.15) is 5.10 Å². The maximum absolute atomic E-state index is 12.5. The van der Waals surface area contributed by atoms with Crippen LogP contribution in [-0.4, -0.2) is 27.8 Å². The van der Waals surface area contributed by atoms with Gasteiger partial charge in [-0.15, -0.1) is 0 Å². The van der Waals surface area contributed by atoms with Crippen molar-refractivity contribution in [3.05, 3.63) is 88.7 Å². The van der Waals surface area contributed by atoms with Crippen LogP contribution in [0.5, 0.6) is 0 Å². The summed E-state index contributed by atoms with van der Waals surface area (Å²) in [4.78, 5) is 23.7. The van der Waals surface area contributed by atoms with E-state index in [1.807, 2.05) is 48.7 Å². The van der Waals surface area contributed by atoms with Gasteiger partial charge in [0.1, 0.15) is 0 Å². The number of carboxylic acid groups (broad SMARTS) is 1. The second-order valence-corrected chi connectivity index (χ2v) is 6.05. The second kappa shape index (κ2) is 7.70. The molecule has 3 aromatic rings. The van der Waals surface area contributed by atoms with Gasteiger partial charge in [-0.05, 0) is 38.1 Å². The lowest BCUT2D eigenvalue weighted by atomic mass is 10.1. The maximum atomic E-state index is 12.5. The first-order valence-corrected chi connectivity index (χ1v) is 8.39. The molecule has 0 aliphatic carbocycles.